The summed E-state index contributed by atoms with van der Waals surface area (Å²) in [5.74, 6) is -1.06. The van der Waals surface area contributed by atoms with Crippen LogP contribution >= 0.6 is 23.2 Å². The van der Waals surface area contributed by atoms with Crippen LogP contribution in [-0.4, -0.2) is 30.8 Å². The standard InChI is InChI=1S/C12H6Cl2N4O3/c13-6-1-7(14)9-8(2-6)16-12(17-10(9)19)18-4-5(3-15-18)11(20)21/h1-4H,(H,20,21)(H,16,17,19). The predicted molar refractivity (Wildman–Crippen MR) is 76.5 cm³/mol. The zero-order valence-electron chi connectivity index (χ0n) is 10.2. The van der Waals surface area contributed by atoms with Crippen molar-refractivity contribution in [2.45, 2.75) is 0 Å². The average Bonchev–Trinajstić information content (AvgIpc) is 2.86. The number of H-pyrrole nitrogens is 1. The first-order chi connectivity index (χ1) is 9.95. The van der Waals surface area contributed by atoms with Crippen LogP contribution in [0.1, 0.15) is 10.4 Å². The lowest BCUT2D eigenvalue weighted by Crippen LogP contribution is -2.14. The van der Waals surface area contributed by atoms with E-state index in [1.807, 2.05) is 0 Å². The third-order valence-corrected chi connectivity index (χ3v) is 3.28. The van der Waals surface area contributed by atoms with Gasteiger partial charge in [-0.05, 0) is 12.1 Å². The van der Waals surface area contributed by atoms with Crippen molar-refractivity contribution < 1.29 is 9.90 Å². The Labute approximate surface area is 126 Å². The van der Waals surface area contributed by atoms with Gasteiger partial charge in [-0.3, -0.25) is 9.78 Å². The molecule has 0 unspecified atom stereocenters. The van der Waals surface area contributed by atoms with Gasteiger partial charge in [-0.15, -0.1) is 0 Å². The van der Waals surface area contributed by atoms with E-state index in [0.29, 0.717) is 10.5 Å². The number of carbonyl (C=O) groups is 1. The van der Waals surface area contributed by atoms with Crippen molar-refractivity contribution in [3.8, 4) is 5.95 Å². The topological polar surface area (TPSA) is 101 Å². The summed E-state index contributed by atoms with van der Waals surface area (Å²) in [6, 6.07) is 2.93. The number of aromatic nitrogens is 4. The number of nitrogens with zero attached hydrogens (tertiary/aromatic N) is 3. The van der Waals surface area contributed by atoms with Gasteiger partial charge in [-0.1, -0.05) is 23.2 Å². The summed E-state index contributed by atoms with van der Waals surface area (Å²) in [7, 11) is 0. The van der Waals surface area contributed by atoms with Crippen molar-refractivity contribution in [3.05, 3.63) is 50.5 Å². The molecule has 0 fully saturated rings. The molecule has 0 amide bonds. The summed E-state index contributed by atoms with van der Waals surface area (Å²) >= 11 is 11.9. The first-order valence-electron chi connectivity index (χ1n) is 5.63. The number of carboxylic acids is 1. The molecule has 3 aromatic rings. The highest BCUT2D eigenvalue weighted by atomic mass is 35.5. The minimum absolute atomic E-state index is 0.0260. The number of benzene rings is 1. The number of rotatable bonds is 2. The van der Waals surface area contributed by atoms with Crippen LogP contribution in [0.2, 0.25) is 10.0 Å². The molecular weight excluding hydrogens is 319 g/mol. The zero-order valence-corrected chi connectivity index (χ0v) is 11.7. The Kier molecular flexibility index (Phi) is 3.15. The first kappa shape index (κ1) is 13.6. The van der Waals surface area contributed by atoms with Crippen LogP contribution in [0.3, 0.4) is 0 Å². The number of aromatic carboxylic acids is 1. The van der Waals surface area contributed by atoms with E-state index >= 15 is 0 Å². The monoisotopic (exact) mass is 324 g/mol. The van der Waals surface area contributed by atoms with Crippen LogP contribution in [0.4, 0.5) is 0 Å². The van der Waals surface area contributed by atoms with Gasteiger partial charge in [0.1, 0.15) is 0 Å². The Morgan fingerprint density at radius 2 is 2.10 bits per heavy atom. The summed E-state index contributed by atoms with van der Waals surface area (Å²) in [6.07, 6.45) is 2.38. The molecular formula is C12H6Cl2N4O3. The molecule has 0 saturated heterocycles. The molecule has 0 spiro atoms. The second-order valence-electron chi connectivity index (χ2n) is 4.15. The Bertz CT molecular complexity index is 932. The van der Waals surface area contributed by atoms with Crippen LogP contribution in [0.5, 0.6) is 0 Å². The van der Waals surface area contributed by atoms with Gasteiger partial charge in [0.15, 0.2) is 0 Å². The SMILES string of the molecule is O=C(O)c1cnn(-c2nc3cc(Cl)cc(Cl)c3c(=O)[nH]2)c1. The lowest BCUT2D eigenvalue weighted by Gasteiger charge is -2.04. The van der Waals surface area contributed by atoms with Crippen LogP contribution < -0.4 is 5.56 Å². The zero-order chi connectivity index (χ0) is 15.1. The van der Waals surface area contributed by atoms with E-state index in [1.54, 1.807) is 0 Å². The highest BCUT2D eigenvalue weighted by Crippen LogP contribution is 2.24. The van der Waals surface area contributed by atoms with Crippen molar-refractivity contribution in [2.24, 2.45) is 0 Å². The molecule has 0 saturated carbocycles. The second kappa shape index (κ2) is 4.87. The minimum Gasteiger partial charge on any atom is -0.478 e. The van der Waals surface area contributed by atoms with Crippen LogP contribution in [0.15, 0.2) is 29.3 Å². The maximum atomic E-state index is 12.1. The van der Waals surface area contributed by atoms with Crippen molar-refractivity contribution >= 4 is 40.1 Å². The predicted octanol–water partition coefficient (Wildman–Crippen LogP) is 2.11. The molecule has 1 aromatic carbocycles. The number of halogens is 2. The lowest BCUT2D eigenvalue weighted by atomic mass is 10.2. The Balaban J connectivity index is 2.24. The fourth-order valence-corrected chi connectivity index (χ4v) is 2.41. The van der Waals surface area contributed by atoms with E-state index in [4.69, 9.17) is 28.3 Å². The fourth-order valence-electron chi connectivity index (χ4n) is 1.84. The summed E-state index contributed by atoms with van der Waals surface area (Å²) in [5.41, 5.74) is -0.204. The molecule has 0 bridgehead atoms. The van der Waals surface area contributed by atoms with Crippen molar-refractivity contribution in [1.29, 1.82) is 0 Å². The summed E-state index contributed by atoms with van der Waals surface area (Å²) in [6.45, 7) is 0. The van der Waals surface area contributed by atoms with Gasteiger partial charge in [-0.25, -0.2) is 14.5 Å². The molecule has 21 heavy (non-hydrogen) atoms. The van der Waals surface area contributed by atoms with Gasteiger partial charge < -0.3 is 5.11 Å². The van der Waals surface area contributed by atoms with Crippen molar-refractivity contribution in [2.75, 3.05) is 0 Å². The number of hydrogen-bond acceptors (Lipinski definition) is 4. The van der Waals surface area contributed by atoms with Gasteiger partial charge in [0, 0.05) is 11.2 Å². The van der Waals surface area contributed by atoms with Gasteiger partial charge >= 0.3 is 5.97 Å². The van der Waals surface area contributed by atoms with E-state index in [0.717, 1.165) is 10.9 Å². The summed E-state index contributed by atoms with van der Waals surface area (Å²) < 4.78 is 1.15. The van der Waals surface area contributed by atoms with Crippen molar-refractivity contribution in [3.63, 3.8) is 0 Å². The summed E-state index contributed by atoms with van der Waals surface area (Å²) in [4.78, 5) is 29.6. The maximum Gasteiger partial charge on any atom is 0.338 e. The van der Waals surface area contributed by atoms with Gasteiger partial charge in [0.25, 0.3) is 5.56 Å². The lowest BCUT2D eigenvalue weighted by molar-refractivity contribution is 0.0697. The van der Waals surface area contributed by atoms with Crippen LogP contribution in [0, 0.1) is 0 Å². The van der Waals surface area contributed by atoms with Crippen LogP contribution in [0.25, 0.3) is 16.9 Å². The second-order valence-corrected chi connectivity index (χ2v) is 4.99. The van der Waals surface area contributed by atoms with Crippen LogP contribution in [-0.2, 0) is 0 Å². The molecule has 0 aliphatic carbocycles. The third kappa shape index (κ3) is 2.37. The molecule has 0 radical (unpaired) electrons. The quantitative estimate of drug-likeness (QED) is 0.751. The number of hydrogen-bond donors (Lipinski definition) is 2. The molecule has 2 N–H and O–H groups in total. The van der Waals surface area contributed by atoms with E-state index < -0.39 is 11.5 Å². The average molecular weight is 325 g/mol. The van der Waals surface area contributed by atoms with Crippen molar-refractivity contribution in [1.82, 2.24) is 19.7 Å². The molecule has 2 aromatic heterocycles. The maximum absolute atomic E-state index is 12.1. The molecule has 0 aliphatic rings. The molecule has 2 heterocycles. The van der Waals surface area contributed by atoms with E-state index in [2.05, 4.69) is 15.1 Å². The molecule has 9 heteroatoms. The Hall–Kier alpha value is -2.38. The largest absolute Gasteiger partial charge is 0.478 e. The molecule has 7 nitrogen and oxygen atoms in total. The number of fused-ring (bicyclic) bond motifs is 1. The van der Waals surface area contributed by atoms with E-state index in [9.17, 15) is 9.59 Å². The van der Waals surface area contributed by atoms with E-state index in [-0.39, 0.29) is 21.9 Å². The number of nitrogens with one attached hydrogen (secondary N) is 1. The number of aromatic amines is 1. The smallest absolute Gasteiger partial charge is 0.338 e. The minimum atomic E-state index is -1.13. The fraction of sp³-hybridized carbons (Fsp3) is 0. The van der Waals surface area contributed by atoms with Gasteiger partial charge in [0.2, 0.25) is 5.95 Å². The molecule has 0 aliphatic heterocycles. The third-order valence-electron chi connectivity index (χ3n) is 2.76. The van der Waals surface area contributed by atoms with Gasteiger partial charge in [-0.2, -0.15) is 5.10 Å². The molecule has 3 rings (SSSR count). The molecule has 106 valence electrons. The highest BCUT2D eigenvalue weighted by Gasteiger charge is 2.12. The van der Waals surface area contributed by atoms with E-state index in [1.165, 1.54) is 18.3 Å². The first-order valence-corrected chi connectivity index (χ1v) is 6.39. The Morgan fingerprint density at radius 3 is 2.76 bits per heavy atom. The summed E-state index contributed by atoms with van der Waals surface area (Å²) in [5, 5.41) is 13.4. The normalized spacial score (nSPS) is 11.0. The Morgan fingerprint density at radius 1 is 1.33 bits per heavy atom. The number of carboxylic acid groups (broad SMARTS) is 1. The van der Waals surface area contributed by atoms with Gasteiger partial charge in [0.05, 0.1) is 27.7 Å². The highest BCUT2D eigenvalue weighted by molar-refractivity contribution is 6.38. The molecule has 0 atom stereocenters.